The molecular formula is C12H23N3O2. The average Bonchev–Trinajstić information content (AvgIpc) is 2.35. The van der Waals surface area contributed by atoms with Gasteiger partial charge in [-0.3, -0.25) is 9.59 Å². The fraction of sp³-hybridized carbons (Fsp3) is 0.833. The Morgan fingerprint density at radius 1 is 1.06 bits per heavy atom. The molecule has 0 unspecified atom stereocenters. The van der Waals surface area contributed by atoms with Crippen molar-refractivity contribution in [3.05, 3.63) is 0 Å². The minimum absolute atomic E-state index is 0.0141. The van der Waals surface area contributed by atoms with Crippen LogP contribution in [0.2, 0.25) is 0 Å². The number of amides is 2. The van der Waals surface area contributed by atoms with Crippen LogP contribution in [-0.4, -0.2) is 31.4 Å². The van der Waals surface area contributed by atoms with Crippen molar-refractivity contribution in [2.45, 2.75) is 38.5 Å². The van der Waals surface area contributed by atoms with E-state index < -0.39 is 0 Å². The van der Waals surface area contributed by atoms with E-state index in [1.165, 1.54) is 19.3 Å². The molecule has 0 aromatic heterocycles. The highest BCUT2D eigenvalue weighted by Gasteiger charge is 2.17. The molecule has 1 fully saturated rings. The molecule has 1 rings (SSSR count). The van der Waals surface area contributed by atoms with Crippen molar-refractivity contribution in [3.63, 3.8) is 0 Å². The number of hydrogen-bond donors (Lipinski definition) is 3. The highest BCUT2D eigenvalue weighted by atomic mass is 16.2. The first-order chi connectivity index (χ1) is 8.22. The number of hydrogen-bond acceptors (Lipinski definition) is 3. The maximum absolute atomic E-state index is 11.6. The quantitative estimate of drug-likeness (QED) is 0.619. The van der Waals surface area contributed by atoms with Gasteiger partial charge < -0.3 is 16.4 Å². The molecule has 0 bridgehead atoms. The van der Waals surface area contributed by atoms with Crippen LogP contribution in [0.15, 0.2) is 0 Å². The minimum Gasteiger partial charge on any atom is -0.353 e. The van der Waals surface area contributed by atoms with Gasteiger partial charge in [-0.2, -0.15) is 0 Å². The Morgan fingerprint density at radius 3 is 2.41 bits per heavy atom. The van der Waals surface area contributed by atoms with Crippen molar-refractivity contribution in [3.8, 4) is 0 Å². The Labute approximate surface area is 103 Å². The van der Waals surface area contributed by atoms with Crippen molar-refractivity contribution in [2.24, 2.45) is 11.7 Å². The summed E-state index contributed by atoms with van der Waals surface area (Å²) in [7, 11) is 0. The normalized spacial score (nSPS) is 16.5. The standard InChI is InChI=1S/C12H23N3O2/c13-6-7-14-12(17)9-15-11(16)8-10-4-2-1-3-5-10/h10H,1-9,13H2,(H,14,17)(H,15,16). The van der Waals surface area contributed by atoms with Gasteiger partial charge >= 0.3 is 0 Å². The van der Waals surface area contributed by atoms with Gasteiger partial charge in [0.05, 0.1) is 6.54 Å². The number of nitrogens with two attached hydrogens (primary N) is 1. The number of rotatable bonds is 6. The van der Waals surface area contributed by atoms with Gasteiger partial charge in [0.1, 0.15) is 0 Å². The van der Waals surface area contributed by atoms with E-state index in [2.05, 4.69) is 10.6 Å². The maximum Gasteiger partial charge on any atom is 0.239 e. The second kappa shape index (κ2) is 8.06. The summed E-state index contributed by atoms with van der Waals surface area (Å²) in [6.07, 6.45) is 6.60. The zero-order valence-electron chi connectivity index (χ0n) is 10.3. The lowest BCUT2D eigenvalue weighted by atomic mass is 9.87. The average molecular weight is 241 g/mol. The predicted molar refractivity (Wildman–Crippen MR) is 66.3 cm³/mol. The van der Waals surface area contributed by atoms with Gasteiger partial charge in [0.15, 0.2) is 0 Å². The highest BCUT2D eigenvalue weighted by molar-refractivity contribution is 5.84. The molecule has 2 amide bonds. The molecule has 98 valence electrons. The Balaban J connectivity index is 2.09. The topological polar surface area (TPSA) is 84.2 Å². The van der Waals surface area contributed by atoms with Crippen molar-refractivity contribution in [1.82, 2.24) is 10.6 Å². The third kappa shape index (κ3) is 6.26. The van der Waals surface area contributed by atoms with Crippen molar-refractivity contribution in [2.75, 3.05) is 19.6 Å². The molecule has 5 heteroatoms. The van der Waals surface area contributed by atoms with E-state index in [1.54, 1.807) is 0 Å². The number of nitrogens with one attached hydrogen (secondary N) is 2. The third-order valence-electron chi connectivity index (χ3n) is 3.11. The summed E-state index contributed by atoms with van der Waals surface area (Å²) in [5.74, 6) is 0.322. The molecule has 1 aliphatic carbocycles. The third-order valence-corrected chi connectivity index (χ3v) is 3.11. The zero-order valence-corrected chi connectivity index (χ0v) is 10.3. The fourth-order valence-corrected chi connectivity index (χ4v) is 2.18. The van der Waals surface area contributed by atoms with Gasteiger partial charge in [-0.05, 0) is 18.8 Å². The van der Waals surface area contributed by atoms with E-state index in [9.17, 15) is 9.59 Å². The van der Waals surface area contributed by atoms with E-state index in [0.29, 0.717) is 25.4 Å². The molecule has 5 nitrogen and oxygen atoms in total. The molecule has 0 heterocycles. The first kappa shape index (κ1) is 14.0. The van der Waals surface area contributed by atoms with E-state index in [0.717, 1.165) is 12.8 Å². The molecule has 0 spiro atoms. The van der Waals surface area contributed by atoms with Crippen LogP contribution in [0.4, 0.5) is 0 Å². The van der Waals surface area contributed by atoms with Crippen LogP contribution in [0.25, 0.3) is 0 Å². The van der Waals surface area contributed by atoms with Gasteiger partial charge in [-0.25, -0.2) is 0 Å². The van der Waals surface area contributed by atoms with Gasteiger partial charge in [-0.15, -0.1) is 0 Å². The van der Waals surface area contributed by atoms with Crippen molar-refractivity contribution < 1.29 is 9.59 Å². The van der Waals surface area contributed by atoms with Gasteiger partial charge in [-0.1, -0.05) is 19.3 Å². The van der Waals surface area contributed by atoms with Crippen LogP contribution in [0.3, 0.4) is 0 Å². The van der Waals surface area contributed by atoms with Gasteiger partial charge in [0.2, 0.25) is 11.8 Å². The summed E-state index contributed by atoms with van der Waals surface area (Å²) in [6.45, 7) is 0.935. The first-order valence-electron chi connectivity index (χ1n) is 6.46. The summed E-state index contributed by atoms with van der Waals surface area (Å²) in [4.78, 5) is 22.8. The minimum atomic E-state index is -0.174. The van der Waals surface area contributed by atoms with Crippen LogP contribution in [-0.2, 0) is 9.59 Å². The summed E-state index contributed by atoms with van der Waals surface area (Å²) in [5.41, 5.74) is 5.25. The first-order valence-corrected chi connectivity index (χ1v) is 6.46. The molecule has 0 atom stereocenters. The molecule has 1 aliphatic rings. The summed E-state index contributed by atoms with van der Waals surface area (Å²) < 4.78 is 0. The summed E-state index contributed by atoms with van der Waals surface area (Å²) in [5, 5.41) is 5.26. The largest absolute Gasteiger partial charge is 0.353 e. The van der Waals surface area contributed by atoms with Crippen LogP contribution in [0.1, 0.15) is 38.5 Å². The molecule has 1 saturated carbocycles. The van der Waals surface area contributed by atoms with Crippen LogP contribution < -0.4 is 16.4 Å². The van der Waals surface area contributed by atoms with E-state index in [-0.39, 0.29) is 18.4 Å². The molecule has 17 heavy (non-hydrogen) atoms. The molecule has 0 radical (unpaired) electrons. The van der Waals surface area contributed by atoms with Crippen molar-refractivity contribution >= 4 is 11.8 Å². The van der Waals surface area contributed by atoms with Crippen LogP contribution >= 0.6 is 0 Å². The molecule has 4 N–H and O–H groups in total. The SMILES string of the molecule is NCCNC(=O)CNC(=O)CC1CCCCC1. The zero-order chi connectivity index (χ0) is 12.5. The lowest BCUT2D eigenvalue weighted by Gasteiger charge is -2.20. The Kier molecular flexibility index (Phi) is 6.62. The lowest BCUT2D eigenvalue weighted by Crippen LogP contribution is -2.39. The molecule has 0 aromatic rings. The summed E-state index contributed by atoms with van der Waals surface area (Å²) in [6, 6.07) is 0. The molecule has 0 aromatic carbocycles. The second-order valence-electron chi connectivity index (χ2n) is 4.62. The van der Waals surface area contributed by atoms with E-state index in [1.807, 2.05) is 0 Å². The maximum atomic E-state index is 11.6. The fourth-order valence-electron chi connectivity index (χ4n) is 2.18. The predicted octanol–water partition coefficient (Wildman–Crippen LogP) is 0.148. The van der Waals surface area contributed by atoms with Gasteiger partial charge in [0, 0.05) is 19.5 Å². The van der Waals surface area contributed by atoms with E-state index >= 15 is 0 Å². The Hall–Kier alpha value is -1.10. The monoisotopic (exact) mass is 241 g/mol. The smallest absolute Gasteiger partial charge is 0.239 e. The van der Waals surface area contributed by atoms with E-state index in [4.69, 9.17) is 5.73 Å². The van der Waals surface area contributed by atoms with Gasteiger partial charge in [0.25, 0.3) is 0 Å². The Bertz CT molecular complexity index is 250. The van der Waals surface area contributed by atoms with Crippen LogP contribution in [0.5, 0.6) is 0 Å². The number of carbonyl (C=O) groups is 2. The second-order valence-corrected chi connectivity index (χ2v) is 4.62. The highest BCUT2D eigenvalue weighted by Crippen LogP contribution is 2.25. The summed E-state index contributed by atoms with van der Waals surface area (Å²) >= 11 is 0. The van der Waals surface area contributed by atoms with Crippen molar-refractivity contribution in [1.29, 1.82) is 0 Å². The lowest BCUT2D eigenvalue weighted by molar-refractivity contribution is -0.126. The molecule has 0 aliphatic heterocycles. The molecule has 0 saturated heterocycles. The molecular weight excluding hydrogens is 218 g/mol. The Morgan fingerprint density at radius 2 is 1.76 bits per heavy atom. The van der Waals surface area contributed by atoms with Crippen LogP contribution in [0, 0.1) is 5.92 Å². The number of carbonyl (C=O) groups excluding carboxylic acids is 2.